The van der Waals surface area contributed by atoms with Gasteiger partial charge in [0.1, 0.15) is 5.75 Å². The molecule has 0 atom stereocenters. The third-order valence-electron chi connectivity index (χ3n) is 4.06. The molecule has 0 radical (unpaired) electrons. The van der Waals surface area contributed by atoms with Crippen LogP contribution in [0.3, 0.4) is 0 Å². The van der Waals surface area contributed by atoms with E-state index in [0.717, 1.165) is 11.3 Å². The molecule has 1 heterocycles. The molecule has 0 saturated carbocycles. The Morgan fingerprint density at radius 1 is 1.10 bits per heavy atom. The average molecular weight is 393 g/mol. The fourth-order valence-corrected chi connectivity index (χ4v) is 2.70. The number of likely N-dealkylation sites (N-methyl/N-ethyl adjacent to an activating group) is 1. The zero-order valence-electron chi connectivity index (χ0n) is 16.3. The third kappa shape index (κ3) is 5.58. The molecule has 0 bridgehead atoms. The Bertz CT molecular complexity index is 986. The lowest BCUT2D eigenvalue weighted by Crippen LogP contribution is -2.28. The van der Waals surface area contributed by atoms with Crippen LogP contribution in [0.4, 0.5) is 16.2 Å². The van der Waals surface area contributed by atoms with Gasteiger partial charge in [-0.2, -0.15) is 5.10 Å². The number of hydrogen-bond acceptors (Lipinski definition) is 4. The molecule has 0 spiro atoms. The fraction of sp³-hybridized carbons (Fsp3) is 0.190. The van der Waals surface area contributed by atoms with E-state index >= 15 is 0 Å². The predicted octanol–water partition coefficient (Wildman–Crippen LogP) is 3.34. The van der Waals surface area contributed by atoms with Crippen molar-refractivity contribution in [2.24, 2.45) is 0 Å². The fourth-order valence-electron chi connectivity index (χ4n) is 2.70. The van der Waals surface area contributed by atoms with Crippen LogP contribution < -0.4 is 20.7 Å². The van der Waals surface area contributed by atoms with Crippen molar-refractivity contribution in [2.45, 2.75) is 13.8 Å². The van der Waals surface area contributed by atoms with E-state index in [9.17, 15) is 9.59 Å². The number of hydrogen-bond donors (Lipinski definition) is 3. The molecule has 0 saturated heterocycles. The molecule has 0 aliphatic heterocycles. The van der Waals surface area contributed by atoms with Gasteiger partial charge in [-0.15, -0.1) is 0 Å². The Kier molecular flexibility index (Phi) is 6.47. The third-order valence-corrected chi connectivity index (χ3v) is 4.06. The molecule has 3 aromatic rings. The second-order valence-electron chi connectivity index (χ2n) is 6.30. The summed E-state index contributed by atoms with van der Waals surface area (Å²) in [4.78, 5) is 23.9. The van der Waals surface area contributed by atoms with E-state index in [1.165, 1.54) is 0 Å². The second kappa shape index (κ2) is 9.41. The SMILES string of the molecule is CCNC(=O)COc1cccc(NC(=O)Nc2ccc(-n3cccn3)cc2C)c1. The van der Waals surface area contributed by atoms with Gasteiger partial charge < -0.3 is 20.7 Å². The summed E-state index contributed by atoms with van der Waals surface area (Å²) in [5, 5.41) is 12.5. The van der Waals surface area contributed by atoms with Gasteiger partial charge in [-0.05, 0) is 55.8 Å². The van der Waals surface area contributed by atoms with Crippen molar-refractivity contribution in [3.8, 4) is 11.4 Å². The van der Waals surface area contributed by atoms with Gasteiger partial charge in [-0.3, -0.25) is 4.79 Å². The van der Waals surface area contributed by atoms with Gasteiger partial charge in [0, 0.05) is 36.4 Å². The molecule has 0 fully saturated rings. The van der Waals surface area contributed by atoms with Crippen LogP contribution in [0.25, 0.3) is 5.69 Å². The van der Waals surface area contributed by atoms with E-state index in [1.807, 2.05) is 44.3 Å². The molecule has 0 unspecified atom stereocenters. The summed E-state index contributed by atoms with van der Waals surface area (Å²) in [5.74, 6) is 0.298. The molecule has 3 amide bonds. The second-order valence-corrected chi connectivity index (χ2v) is 6.30. The van der Waals surface area contributed by atoms with Crippen molar-refractivity contribution in [1.29, 1.82) is 0 Å². The molecule has 1 aromatic heterocycles. The summed E-state index contributed by atoms with van der Waals surface area (Å²) in [7, 11) is 0. The van der Waals surface area contributed by atoms with Gasteiger partial charge in [0.15, 0.2) is 6.61 Å². The van der Waals surface area contributed by atoms with Gasteiger partial charge >= 0.3 is 6.03 Å². The van der Waals surface area contributed by atoms with Crippen LogP contribution in [0.2, 0.25) is 0 Å². The first-order valence-corrected chi connectivity index (χ1v) is 9.23. The summed E-state index contributed by atoms with van der Waals surface area (Å²) < 4.78 is 7.19. The Hall–Kier alpha value is -3.81. The Balaban J connectivity index is 1.59. The number of urea groups is 1. The van der Waals surface area contributed by atoms with Gasteiger partial charge in [0.25, 0.3) is 5.91 Å². The maximum atomic E-state index is 12.4. The van der Waals surface area contributed by atoms with Crippen LogP contribution in [-0.2, 0) is 4.79 Å². The normalized spacial score (nSPS) is 10.3. The van der Waals surface area contributed by atoms with E-state index in [1.54, 1.807) is 35.1 Å². The van der Waals surface area contributed by atoms with Crippen molar-refractivity contribution in [1.82, 2.24) is 15.1 Å². The van der Waals surface area contributed by atoms with Crippen molar-refractivity contribution < 1.29 is 14.3 Å². The number of amides is 3. The van der Waals surface area contributed by atoms with E-state index in [2.05, 4.69) is 21.0 Å². The number of benzene rings is 2. The van der Waals surface area contributed by atoms with E-state index in [-0.39, 0.29) is 18.5 Å². The largest absolute Gasteiger partial charge is 0.484 e. The zero-order valence-corrected chi connectivity index (χ0v) is 16.3. The number of carbonyl (C=O) groups excluding carboxylic acids is 2. The van der Waals surface area contributed by atoms with Crippen LogP contribution in [0.15, 0.2) is 60.9 Å². The van der Waals surface area contributed by atoms with Crippen LogP contribution in [0.1, 0.15) is 12.5 Å². The molecular weight excluding hydrogens is 370 g/mol. The van der Waals surface area contributed by atoms with Crippen molar-refractivity contribution in [3.63, 3.8) is 0 Å². The highest BCUT2D eigenvalue weighted by Gasteiger charge is 2.08. The maximum Gasteiger partial charge on any atom is 0.323 e. The van der Waals surface area contributed by atoms with Crippen LogP contribution in [0, 0.1) is 6.92 Å². The monoisotopic (exact) mass is 393 g/mol. The number of carbonyl (C=O) groups is 2. The predicted molar refractivity (Wildman–Crippen MR) is 112 cm³/mol. The van der Waals surface area contributed by atoms with Crippen molar-refractivity contribution in [3.05, 3.63) is 66.5 Å². The zero-order chi connectivity index (χ0) is 20.6. The number of anilines is 2. The Morgan fingerprint density at radius 3 is 2.69 bits per heavy atom. The standard InChI is InChI=1S/C21H23N5O3/c1-3-22-20(27)14-29-18-7-4-6-16(13-18)24-21(28)25-19-9-8-17(12-15(19)2)26-11-5-10-23-26/h4-13H,3,14H2,1-2H3,(H,22,27)(H2,24,25,28). The van der Waals surface area contributed by atoms with Crippen LogP contribution in [-0.4, -0.2) is 34.9 Å². The number of nitrogens with one attached hydrogen (secondary N) is 3. The molecule has 0 aliphatic rings. The minimum Gasteiger partial charge on any atom is -0.484 e. The highest BCUT2D eigenvalue weighted by molar-refractivity contribution is 6.00. The van der Waals surface area contributed by atoms with Gasteiger partial charge in [0.05, 0.1) is 5.69 Å². The molecule has 8 nitrogen and oxygen atoms in total. The highest BCUT2D eigenvalue weighted by atomic mass is 16.5. The van der Waals surface area contributed by atoms with E-state index in [4.69, 9.17) is 4.74 Å². The highest BCUT2D eigenvalue weighted by Crippen LogP contribution is 2.20. The molecular formula is C21H23N5O3. The number of aromatic nitrogens is 2. The topological polar surface area (TPSA) is 97.3 Å². The smallest absolute Gasteiger partial charge is 0.323 e. The quantitative estimate of drug-likeness (QED) is 0.573. The first-order chi connectivity index (χ1) is 14.0. The Labute approximate surface area is 168 Å². The van der Waals surface area contributed by atoms with E-state index < -0.39 is 0 Å². The summed E-state index contributed by atoms with van der Waals surface area (Å²) in [5.41, 5.74) is 3.08. The summed E-state index contributed by atoms with van der Waals surface area (Å²) in [6, 6.07) is 14.0. The molecule has 8 heteroatoms. The van der Waals surface area contributed by atoms with Gasteiger partial charge in [0.2, 0.25) is 0 Å². The lowest BCUT2D eigenvalue weighted by Gasteiger charge is -2.12. The molecule has 3 N–H and O–H groups in total. The first-order valence-electron chi connectivity index (χ1n) is 9.23. The van der Waals surface area contributed by atoms with Gasteiger partial charge in [-0.25, -0.2) is 9.48 Å². The summed E-state index contributed by atoms with van der Waals surface area (Å²) in [6.07, 6.45) is 3.57. The maximum absolute atomic E-state index is 12.4. The molecule has 3 rings (SSSR count). The molecule has 29 heavy (non-hydrogen) atoms. The lowest BCUT2D eigenvalue weighted by molar-refractivity contribution is -0.122. The molecule has 0 aliphatic carbocycles. The van der Waals surface area contributed by atoms with Crippen molar-refractivity contribution in [2.75, 3.05) is 23.8 Å². The molecule has 2 aromatic carbocycles. The number of aryl methyl sites for hydroxylation is 1. The number of ether oxygens (including phenoxy) is 1. The van der Waals surface area contributed by atoms with Crippen molar-refractivity contribution >= 4 is 23.3 Å². The van der Waals surface area contributed by atoms with Crippen LogP contribution >= 0.6 is 0 Å². The van der Waals surface area contributed by atoms with Gasteiger partial charge in [-0.1, -0.05) is 6.07 Å². The lowest BCUT2D eigenvalue weighted by atomic mass is 10.2. The molecule has 150 valence electrons. The number of rotatable bonds is 7. The minimum absolute atomic E-state index is 0.0781. The Morgan fingerprint density at radius 2 is 1.97 bits per heavy atom. The van der Waals surface area contributed by atoms with Crippen LogP contribution in [0.5, 0.6) is 5.75 Å². The summed E-state index contributed by atoms with van der Waals surface area (Å²) in [6.45, 7) is 4.23. The summed E-state index contributed by atoms with van der Waals surface area (Å²) >= 11 is 0. The number of nitrogens with zero attached hydrogens (tertiary/aromatic N) is 2. The minimum atomic E-state index is -0.374. The average Bonchev–Trinajstić information content (AvgIpc) is 3.23. The first kappa shape index (κ1) is 19.9. The van der Waals surface area contributed by atoms with E-state index in [0.29, 0.717) is 23.7 Å².